The Balaban J connectivity index is 1.30. The molecule has 0 aliphatic carbocycles. The van der Waals surface area contributed by atoms with Crippen LogP contribution in [-0.2, 0) is 0 Å². The third-order valence-electron chi connectivity index (χ3n) is 6.61. The fraction of sp³-hybridized carbons (Fsp3) is 0.0645. The van der Waals surface area contributed by atoms with Gasteiger partial charge in [-0.15, -0.1) is 0 Å². The molecule has 2 N–H and O–H groups in total. The lowest BCUT2D eigenvalue weighted by Gasteiger charge is -2.13. The Morgan fingerprint density at radius 1 is 0.932 bits per heavy atom. The van der Waals surface area contributed by atoms with Crippen molar-refractivity contribution >= 4 is 22.6 Å². The summed E-state index contributed by atoms with van der Waals surface area (Å²) in [5.74, 6) is -1.01. The summed E-state index contributed by atoms with van der Waals surface area (Å²) in [6.07, 6.45) is 5.88. The smallest absolute Gasteiger partial charge is 0.261 e. The maximum absolute atomic E-state index is 15.2. The van der Waals surface area contributed by atoms with Crippen molar-refractivity contribution in [3.05, 3.63) is 113 Å². The molecule has 0 aliphatic rings. The zero-order valence-corrected chi connectivity index (χ0v) is 23.2. The summed E-state index contributed by atoms with van der Waals surface area (Å²) in [5.41, 5.74) is 0.519. The second kappa shape index (κ2) is 11.6. The number of carbonyl (C=O) groups excluding carboxylic acids is 1. The molecule has 0 spiro atoms. The van der Waals surface area contributed by atoms with Gasteiger partial charge in [-0.05, 0) is 29.8 Å². The van der Waals surface area contributed by atoms with Crippen LogP contribution in [0.15, 0.2) is 90.2 Å². The van der Waals surface area contributed by atoms with Gasteiger partial charge in [-0.1, -0.05) is 12.1 Å². The van der Waals surface area contributed by atoms with Crippen molar-refractivity contribution < 1.29 is 27.8 Å². The molecular weight excluding hydrogens is 574 g/mol. The van der Waals surface area contributed by atoms with Gasteiger partial charge in [-0.25, -0.2) is 13.8 Å². The van der Waals surface area contributed by atoms with E-state index >= 15 is 4.39 Å². The van der Waals surface area contributed by atoms with Gasteiger partial charge in [0, 0.05) is 60.3 Å². The first-order valence-corrected chi connectivity index (χ1v) is 13.0. The number of carbonyl (C=O) groups is 1. The van der Waals surface area contributed by atoms with E-state index in [2.05, 4.69) is 25.5 Å². The molecule has 1 amide bonds. The number of ether oxygens (including phenoxy) is 3. The van der Waals surface area contributed by atoms with Gasteiger partial charge in [-0.3, -0.25) is 19.7 Å². The number of H-pyrrole nitrogens is 1. The molecule has 4 heterocycles. The van der Waals surface area contributed by atoms with E-state index in [1.807, 2.05) is 0 Å². The number of aromatic nitrogens is 5. The number of pyridine rings is 3. The third-order valence-corrected chi connectivity index (χ3v) is 6.61. The van der Waals surface area contributed by atoms with E-state index in [-0.39, 0.29) is 34.2 Å². The highest BCUT2D eigenvalue weighted by Gasteiger charge is 2.19. The Morgan fingerprint density at radius 3 is 2.45 bits per heavy atom. The van der Waals surface area contributed by atoms with Gasteiger partial charge in [0.05, 0.1) is 19.7 Å². The van der Waals surface area contributed by atoms with Crippen molar-refractivity contribution in [1.29, 1.82) is 0 Å². The molecule has 44 heavy (non-hydrogen) atoms. The quantitative estimate of drug-likeness (QED) is 0.235. The van der Waals surface area contributed by atoms with Crippen LogP contribution in [0.4, 0.5) is 14.5 Å². The van der Waals surface area contributed by atoms with Gasteiger partial charge >= 0.3 is 0 Å². The number of hydrogen-bond donors (Lipinski definition) is 2. The number of rotatable bonds is 8. The van der Waals surface area contributed by atoms with E-state index in [0.29, 0.717) is 28.2 Å². The normalized spacial score (nSPS) is 10.9. The number of amides is 1. The van der Waals surface area contributed by atoms with Crippen LogP contribution in [0.5, 0.6) is 23.1 Å². The van der Waals surface area contributed by atoms with Gasteiger partial charge in [0.25, 0.3) is 11.8 Å². The third kappa shape index (κ3) is 5.41. The van der Waals surface area contributed by atoms with Gasteiger partial charge in [0.2, 0.25) is 5.43 Å². The number of aromatic amines is 1. The van der Waals surface area contributed by atoms with Gasteiger partial charge < -0.3 is 24.1 Å². The van der Waals surface area contributed by atoms with E-state index in [0.717, 1.165) is 6.07 Å². The fourth-order valence-electron chi connectivity index (χ4n) is 4.47. The number of benzene rings is 2. The maximum atomic E-state index is 15.2. The molecule has 0 fully saturated rings. The molecule has 4 aromatic heterocycles. The predicted octanol–water partition coefficient (Wildman–Crippen LogP) is 5.51. The Hall–Kier alpha value is -6.11. The molecule has 0 saturated heterocycles. The Bertz CT molecular complexity index is 2060. The molecule has 6 aromatic rings. The summed E-state index contributed by atoms with van der Waals surface area (Å²) < 4.78 is 46.6. The molecule has 6 rings (SSSR count). The zero-order valence-electron chi connectivity index (χ0n) is 23.2. The summed E-state index contributed by atoms with van der Waals surface area (Å²) in [6, 6.07) is 13.9. The minimum atomic E-state index is -0.790. The molecular formula is C31H22F2N6O5. The minimum Gasteiger partial charge on any atom is -0.491 e. The SMILES string of the molecule is COc1cc2nccc(Oc3ccc(NC(=O)c4cn(-c5cc[nH]n5)cc(-c5ccc(F)cc5)c4=O)cc3F)c2nc1OC. The van der Waals surface area contributed by atoms with Crippen molar-refractivity contribution in [2.24, 2.45) is 0 Å². The van der Waals surface area contributed by atoms with Crippen LogP contribution >= 0.6 is 0 Å². The van der Waals surface area contributed by atoms with Crippen LogP contribution in [-0.4, -0.2) is 44.9 Å². The average Bonchev–Trinajstić information content (AvgIpc) is 3.58. The lowest BCUT2D eigenvalue weighted by Crippen LogP contribution is -2.24. The van der Waals surface area contributed by atoms with Crippen LogP contribution < -0.4 is 25.0 Å². The zero-order chi connectivity index (χ0) is 30.8. The number of anilines is 1. The standard InChI is InChI=1S/C31H22F2N6O5/c1-42-26-14-23-28(37-31(26)43-2)25(9-11-34-23)44-24-8-7-19(13-22(24)33)36-30(41)21-16-39(27-10-12-35-38-27)15-20(29(21)40)17-3-5-18(32)6-4-17/h3-16H,1-2H3,(H,35,38)(H,36,41). The lowest BCUT2D eigenvalue weighted by atomic mass is 10.0. The molecule has 0 atom stereocenters. The number of nitrogens with zero attached hydrogens (tertiary/aromatic N) is 4. The van der Waals surface area contributed by atoms with Crippen LogP contribution in [0.3, 0.4) is 0 Å². The number of fused-ring (bicyclic) bond motifs is 1. The lowest BCUT2D eigenvalue weighted by molar-refractivity contribution is 0.102. The summed E-state index contributed by atoms with van der Waals surface area (Å²) in [6.45, 7) is 0. The highest BCUT2D eigenvalue weighted by molar-refractivity contribution is 6.04. The van der Waals surface area contributed by atoms with E-state index in [1.165, 1.54) is 79.8 Å². The van der Waals surface area contributed by atoms with Crippen molar-refractivity contribution in [3.63, 3.8) is 0 Å². The van der Waals surface area contributed by atoms with E-state index in [1.54, 1.807) is 18.3 Å². The van der Waals surface area contributed by atoms with Crippen LogP contribution in [0.25, 0.3) is 28.0 Å². The molecule has 2 aromatic carbocycles. The highest BCUT2D eigenvalue weighted by Crippen LogP contribution is 2.35. The molecule has 0 aliphatic heterocycles. The second-order valence-corrected chi connectivity index (χ2v) is 9.34. The average molecular weight is 597 g/mol. The minimum absolute atomic E-state index is 0.0712. The largest absolute Gasteiger partial charge is 0.491 e. The summed E-state index contributed by atoms with van der Waals surface area (Å²) in [7, 11) is 2.91. The van der Waals surface area contributed by atoms with Crippen LogP contribution in [0.2, 0.25) is 0 Å². The van der Waals surface area contributed by atoms with Crippen molar-refractivity contribution in [3.8, 4) is 40.1 Å². The maximum Gasteiger partial charge on any atom is 0.261 e. The molecule has 0 radical (unpaired) electrons. The summed E-state index contributed by atoms with van der Waals surface area (Å²) >= 11 is 0. The van der Waals surface area contributed by atoms with E-state index < -0.39 is 23.0 Å². The summed E-state index contributed by atoms with van der Waals surface area (Å²) in [5, 5.41) is 9.34. The molecule has 11 nitrogen and oxygen atoms in total. The molecule has 0 unspecified atom stereocenters. The molecule has 0 bridgehead atoms. The monoisotopic (exact) mass is 596 g/mol. The molecule has 0 saturated carbocycles. The second-order valence-electron chi connectivity index (χ2n) is 9.34. The first-order valence-electron chi connectivity index (χ1n) is 13.0. The van der Waals surface area contributed by atoms with Crippen LogP contribution in [0, 0.1) is 11.6 Å². The van der Waals surface area contributed by atoms with Crippen molar-refractivity contribution in [2.45, 2.75) is 0 Å². The Labute approximate surface area is 247 Å². The van der Waals surface area contributed by atoms with Crippen molar-refractivity contribution in [1.82, 2.24) is 24.7 Å². The topological polar surface area (TPSA) is 133 Å². The summed E-state index contributed by atoms with van der Waals surface area (Å²) in [4.78, 5) is 35.4. The predicted molar refractivity (Wildman–Crippen MR) is 157 cm³/mol. The van der Waals surface area contributed by atoms with Gasteiger partial charge in [0.1, 0.15) is 16.9 Å². The number of nitrogens with one attached hydrogen (secondary N) is 2. The molecule has 220 valence electrons. The van der Waals surface area contributed by atoms with Crippen molar-refractivity contribution in [2.75, 3.05) is 19.5 Å². The first-order chi connectivity index (χ1) is 21.3. The number of halogens is 2. The van der Waals surface area contributed by atoms with E-state index in [4.69, 9.17) is 14.2 Å². The Kier molecular flexibility index (Phi) is 7.42. The number of methoxy groups -OCH3 is 2. The number of hydrogen-bond acceptors (Lipinski definition) is 8. The fourth-order valence-corrected chi connectivity index (χ4v) is 4.47. The van der Waals surface area contributed by atoms with Gasteiger partial charge in [0.15, 0.2) is 28.9 Å². The van der Waals surface area contributed by atoms with Crippen LogP contribution in [0.1, 0.15) is 10.4 Å². The first kappa shape index (κ1) is 28.0. The molecule has 13 heteroatoms. The van der Waals surface area contributed by atoms with Gasteiger partial charge in [-0.2, -0.15) is 5.10 Å². The van der Waals surface area contributed by atoms with E-state index in [9.17, 15) is 14.0 Å². The Morgan fingerprint density at radius 2 is 1.75 bits per heavy atom. The highest BCUT2D eigenvalue weighted by atomic mass is 19.1.